The van der Waals surface area contributed by atoms with Crippen LogP contribution in [-0.2, 0) is 0 Å². The molecule has 1 N–H and O–H groups in total. The molecule has 0 aliphatic carbocycles. The van der Waals surface area contributed by atoms with Gasteiger partial charge in [-0.3, -0.25) is 10.1 Å². The van der Waals surface area contributed by atoms with Gasteiger partial charge in [0.05, 0.1) is 17.0 Å². The smallest absolute Gasteiger partial charge is 0.269 e. The van der Waals surface area contributed by atoms with Gasteiger partial charge < -0.3 is 5.32 Å². The van der Waals surface area contributed by atoms with E-state index in [9.17, 15) is 10.1 Å². The highest BCUT2D eigenvalue weighted by molar-refractivity contribution is 5.42. The van der Waals surface area contributed by atoms with E-state index in [2.05, 4.69) is 53.5 Å². The maximum Gasteiger partial charge on any atom is 0.269 e. The topological polar surface area (TPSA) is 85.9 Å². The van der Waals surface area contributed by atoms with Crippen LogP contribution in [0.3, 0.4) is 0 Å². The molecule has 2 heterocycles. The van der Waals surface area contributed by atoms with Crippen LogP contribution in [0.1, 0.15) is 55.0 Å². The second-order valence-electron chi connectivity index (χ2n) is 7.15. The molecule has 0 unspecified atom stereocenters. The summed E-state index contributed by atoms with van der Waals surface area (Å²) < 4.78 is 1.80. The Morgan fingerprint density at radius 1 is 1.19 bits per heavy atom. The van der Waals surface area contributed by atoms with Crippen LogP contribution in [0.25, 0.3) is 0 Å². The molecule has 0 saturated carbocycles. The van der Waals surface area contributed by atoms with E-state index >= 15 is 0 Å². The Labute approximate surface area is 157 Å². The Bertz CT molecular complexity index is 965. The van der Waals surface area contributed by atoms with E-state index in [1.807, 2.05) is 6.07 Å². The van der Waals surface area contributed by atoms with Crippen molar-refractivity contribution in [1.82, 2.24) is 14.8 Å². The van der Waals surface area contributed by atoms with Crippen LogP contribution < -0.4 is 5.32 Å². The first-order valence-corrected chi connectivity index (χ1v) is 9.03. The van der Waals surface area contributed by atoms with Crippen molar-refractivity contribution in [3.63, 3.8) is 0 Å². The summed E-state index contributed by atoms with van der Waals surface area (Å²) in [6, 6.07) is 15.3. The van der Waals surface area contributed by atoms with E-state index in [1.165, 1.54) is 23.5 Å². The molecule has 1 aromatic heterocycles. The van der Waals surface area contributed by atoms with E-state index < -0.39 is 0 Å². The van der Waals surface area contributed by atoms with E-state index in [0.29, 0.717) is 11.9 Å². The molecule has 1 aliphatic heterocycles. The molecule has 7 heteroatoms. The van der Waals surface area contributed by atoms with Crippen molar-refractivity contribution in [2.24, 2.45) is 0 Å². The number of hydrogen-bond donors (Lipinski definition) is 1. The maximum atomic E-state index is 11.2. The molecular weight excluding hydrogens is 342 g/mol. The monoisotopic (exact) mass is 363 g/mol. The molecule has 1 aliphatic rings. The van der Waals surface area contributed by atoms with Gasteiger partial charge in [-0.2, -0.15) is 10.1 Å². The fraction of sp³-hybridized carbons (Fsp3) is 0.300. The number of anilines is 1. The second kappa shape index (κ2) is 6.83. The van der Waals surface area contributed by atoms with E-state index in [-0.39, 0.29) is 22.7 Å². The quantitative estimate of drug-likeness (QED) is 0.546. The predicted octanol–water partition coefficient (Wildman–Crippen LogP) is 4.46. The van der Waals surface area contributed by atoms with Gasteiger partial charge in [-0.05, 0) is 29.0 Å². The van der Waals surface area contributed by atoms with E-state index in [0.717, 1.165) is 12.0 Å². The SMILES string of the molecule is CC(C)c1ccc([C@@H]2C[C@@H](c3cccc([N+](=O)[O-])c3)n3ncnc3N2)cc1. The van der Waals surface area contributed by atoms with Gasteiger partial charge in [-0.25, -0.2) is 4.68 Å². The molecular formula is C20H21N5O2. The minimum absolute atomic E-state index is 0.0622. The van der Waals surface area contributed by atoms with Gasteiger partial charge >= 0.3 is 0 Å². The number of nitrogens with zero attached hydrogens (tertiary/aromatic N) is 4. The minimum atomic E-state index is -0.366. The summed E-state index contributed by atoms with van der Waals surface area (Å²) in [4.78, 5) is 15.1. The van der Waals surface area contributed by atoms with Crippen LogP contribution in [0.2, 0.25) is 0 Å². The van der Waals surface area contributed by atoms with Crippen molar-refractivity contribution < 1.29 is 4.92 Å². The molecule has 0 spiro atoms. The highest BCUT2D eigenvalue weighted by Gasteiger charge is 2.30. The molecule has 0 radical (unpaired) electrons. The van der Waals surface area contributed by atoms with Crippen LogP contribution in [-0.4, -0.2) is 19.7 Å². The lowest BCUT2D eigenvalue weighted by molar-refractivity contribution is -0.384. The van der Waals surface area contributed by atoms with Crippen molar-refractivity contribution in [3.05, 3.63) is 81.7 Å². The van der Waals surface area contributed by atoms with E-state index in [1.54, 1.807) is 16.8 Å². The fourth-order valence-corrected chi connectivity index (χ4v) is 3.57. The lowest BCUT2D eigenvalue weighted by atomic mass is 9.92. The van der Waals surface area contributed by atoms with Crippen LogP contribution in [0, 0.1) is 10.1 Å². The average Bonchev–Trinajstić information content (AvgIpc) is 3.16. The van der Waals surface area contributed by atoms with Crippen LogP contribution in [0.15, 0.2) is 54.9 Å². The number of fused-ring (bicyclic) bond motifs is 1. The Hall–Kier alpha value is -3.22. The normalized spacial score (nSPS) is 18.8. The zero-order valence-corrected chi connectivity index (χ0v) is 15.2. The molecule has 2 aromatic carbocycles. The molecule has 0 fully saturated rings. The number of nitrogens with one attached hydrogen (secondary N) is 1. The molecule has 4 rings (SSSR count). The molecule has 27 heavy (non-hydrogen) atoms. The van der Waals surface area contributed by atoms with Crippen molar-refractivity contribution in [2.75, 3.05) is 5.32 Å². The van der Waals surface area contributed by atoms with Gasteiger partial charge in [0.15, 0.2) is 0 Å². The van der Waals surface area contributed by atoms with Crippen molar-refractivity contribution >= 4 is 11.6 Å². The summed E-state index contributed by atoms with van der Waals surface area (Å²) in [5.41, 5.74) is 3.42. The molecule has 138 valence electrons. The summed E-state index contributed by atoms with van der Waals surface area (Å²) in [6.07, 6.45) is 2.25. The van der Waals surface area contributed by atoms with Gasteiger partial charge in [0, 0.05) is 12.1 Å². The second-order valence-corrected chi connectivity index (χ2v) is 7.15. The van der Waals surface area contributed by atoms with Crippen LogP contribution in [0.4, 0.5) is 11.6 Å². The number of hydrogen-bond acceptors (Lipinski definition) is 5. The van der Waals surface area contributed by atoms with Crippen LogP contribution in [0.5, 0.6) is 0 Å². The number of nitro groups is 1. The van der Waals surface area contributed by atoms with Gasteiger partial charge in [0.1, 0.15) is 6.33 Å². The minimum Gasteiger partial charge on any atom is -0.348 e. The first-order chi connectivity index (χ1) is 13.0. The molecule has 0 amide bonds. The average molecular weight is 363 g/mol. The summed E-state index contributed by atoms with van der Waals surface area (Å²) >= 11 is 0. The first-order valence-electron chi connectivity index (χ1n) is 9.03. The lowest BCUT2D eigenvalue weighted by Crippen LogP contribution is -2.28. The van der Waals surface area contributed by atoms with E-state index in [4.69, 9.17) is 0 Å². The first kappa shape index (κ1) is 17.2. The highest BCUT2D eigenvalue weighted by atomic mass is 16.6. The number of rotatable bonds is 4. The van der Waals surface area contributed by atoms with Gasteiger partial charge in [0.25, 0.3) is 5.69 Å². The number of non-ortho nitro benzene ring substituents is 1. The lowest BCUT2D eigenvalue weighted by Gasteiger charge is -2.31. The molecule has 3 aromatic rings. The third kappa shape index (κ3) is 3.28. The predicted molar refractivity (Wildman–Crippen MR) is 103 cm³/mol. The Morgan fingerprint density at radius 3 is 2.67 bits per heavy atom. The van der Waals surface area contributed by atoms with Gasteiger partial charge in [-0.15, -0.1) is 0 Å². The van der Waals surface area contributed by atoms with Crippen LogP contribution >= 0.6 is 0 Å². The third-order valence-corrected chi connectivity index (χ3v) is 5.10. The number of aromatic nitrogens is 3. The van der Waals surface area contributed by atoms with Crippen molar-refractivity contribution in [1.29, 1.82) is 0 Å². The summed E-state index contributed by atoms with van der Waals surface area (Å²) in [5.74, 6) is 1.16. The maximum absolute atomic E-state index is 11.2. The number of nitro benzene ring substituents is 1. The van der Waals surface area contributed by atoms with Gasteiger partial charge in [-0.1, -0.05) is 50.2 Å². The summed E-state index contributed by atoms with van der Waals surface area (Å²) in [7, 11) is 0. The summed E-state index contributed by atoms with van der Waals surface area (Å²) in [5, 5.41) is 18.9. The molecule has 2 atom stereocenters. The Kier molecular flexibility index (Phi) is 4.35. The zero-order valence-electron chi connectivity index (χ0n) is 15.2. The zero-order chi connectivity index (χ0) is 19.0. The third-order valence-electron chi connectivity index (χ3n) is 5.10. The molecule has 0 bridgehead atoms. The fourth-order valence-electron chi connectivity index (χ4n) is 3.57. The molecule has 7 nitrogen and oxygen atoms in total. The largest absolute Gasteiger partial charge is 0.348 e. The van der Waals surface area contributed by atoms with Crippen molar-refractivity contribution in [3.8, 4) is 0 Å². The summed E-state index contributed by atoms with van der Waals surface area (Å²) in [6.45, 7) is 4.35. The Morgan fingerprint density at radius 2 is 1.96 bits per heavy atom. The standard InChI is InChI=1S/C20H21N5O2/c1-13(2)14-6-8-15(9-7-14)18-11-19(24-20(23-18)21-12-22-24)16-4-3-5-17(10-16)25(26)27/h3-10,12-13,18-19H,11H2,1-2H3,(H,21,22,23)/t18-,19-/m0/s1. The number of benzene rings is 2. The Balaban J connectivity index is 1.69. The van der Waals surface area contributed by atoms with Crippen molar-refractivity contribution in [2.45, 2.75) is 38.3 Å². The highest BCUT2D eigenvalue weighted by Crippen LogP contribution is 2.38. The molecule has 0 saturated heterocycles. The van der Waals surface area contributed by atoms with Gasteiger partial charge in [0.2, 0.25) is 5.95 Å².